The number of benzene rings is 2. The van der Waals surface area contributed by atoms with Crippen molar-refractivity contribution in [3.63, 3.8) is 0 Å². The lowest BCUT2D eigenvalue weighted by Crippen LogP contribution is -2.17. The molecule has 0 radical (unpaired) electrons. The van der Waals surface area contributed by atoms with Gasteiger partial charge in [0.2, 0.25) is 11.0 Å². The summed E-state index contributed by atoms with van der Waals surface area (Å²) in [5.41, 5.74) is 4.93. The fraction of sp³-hybridized carbons (Fsp3) is 0.250. The molecule has 1 N–H and O–H groups in total. The van der Waals surface area contributed by atoms with Gasteiger partial charge in [0.1, 0.15) is 0 Å². The van der Waals surface area contributed by atoms with Crippen LogP contribution in [-0.2, 0) is 6.42 Å². The van der Waals surface area contributed by atoms with Gasteiger partial charge in [-0.25, -0.2) is 0 Å². The highest BCUT2D eigenvalue weighted by Gasteiger charge is 2.25. The predicted octanol–water partition coefficient (Wildman–Crippen LogP) is 4.72. The molecule has 0 aliphatic carbocycles. The molecule has 0 saturated carbocycles. The molecular formula is C20H20N4OS. The van der Waals surface area contributed by atoms with Gasteiger partial charge in [-0.3, -0.25) is 0 Å². The molecule has 0 fully saturated rings. The van der Waals surface area contributed by atoms with Gasteiger partial charge in [-0.2, -0.15) is 4.98 Å². The largest absolute Gasteiger partial charge is 0.448 e. The zero-order chi connectivity index (χ0) is 17.9. The van der Waals surface area contributed by atoms with E-state index in [0.29, 0.717) is 16.7 Å². The second-order valence-electron chi connectivity index (χ2n) is 5.96. The van der Waals surface area contributed by atoms with E-state index < -0.39 is 0 Å². The third-order valence-corrected chi connectivity index (χ3v) is 5.02. The van der Waals surface area contributed by atoms with Gasteiger partial charge in [0.15, 0.2) is 11.9 Å². The first-order valence-electron chi connectivity index (χ1n) is 8.77. The van der Waals surface area contributed by atoms with Crippen molar-refractivity contribution in [1.82, 2.24) is 15.2 Å². The van der Waals surface area contributed by atoms with E-state index in [1.54, 1.807) is 11.8 Å². The highest BCUT2D eigenvalue weighted by Crippen LogP contribution is 2.39. The van der Waals surface area contributed by atoms with Gasteiger partial charge in [0, 0.05) is 16.8 Å². The highest BCUT2D eigenvalue weighted by molar-refractivity contribution is 7.99. The Kier molecular flexibility index (Phi) is 4.75. The number of thioether (sulfide) groups is 1. The summed E-state index contributed by atoms with van der Waals surface area (Å²) < 4.78 is 6.25. The SMILES string of the molecule is CCSc1nnc2c(n1)OC(c1ccc(CC)cc1)Nc1ccccc1-2. The lowest BCUT2D eigenvalue weighted by molar-refractivity contribution is 0.225. The Hall–Kier alpha value is -2.60. The summed E-state index contributed by atoms with van der Waals surface area (Å²) in [6, 6.07) is 16.5. The third-order valence-electron chi connectivity index (χ3n) is 4.30. The maximum absolute atomic E-state index is 6.25. The van der Waals surface area contributed by atoms with Crippen LogP contribution in [0.15, 0.2) is 53.7 Å². The van der Waals surface area contributed by atoms with E-state index in [0.717, 1.165) is 29.0 Å². The summed E-state index contributed by atoms with van der Waals surface area (Å²) >= 11 is 1.55. The molecular weight excluding hydrogens is 344 g/mol. The first-order valence-corrected chi connectivity index (χ1v) is 9.76. The van der Waals surface area contributed by atoms with Crippen LogP contribution in [0.25, 0.3) is 11.3 Å². The molecule has 1 unspecified atom stereocenters. The van der Waals surface area contributed by atoms with Crippen molar-refractivity contribution in [3.05, 3.63) is 59.7 Å². The Labute approximate surface area is 157 Å². The quantitative estimate of drug-likeness (QED) is 0.676. The smallest absolute Gasteiger partial charge is 0.247 e. The van der Waals surface area contributed by atoms with Gasteiger partial charge in [0.05, 0.1) is 0 Å². The summed E-state index contributed by atoms with van der Waals surface area (Å²) in [5.74, 6) is 1.40. The van der Waals surface area contributed by atoms with Crippen LogP contribution in [0, 0.1) is 0 Å². The number of aryl methyl sites for hydroxylation is 1. The van der Waals surface area contributed by atoms with Crippen LogP contribution in [-0.4, -0.2) is 20.9 Å². The number of nitrogens with zero attached hydrogens (tertiary/aromatic N) is 3. The van der Waals surface area contributed by atoms with E-state index >= 15 is 0 Å². The Balaban J connectivity index is 1.79. The van der Waals surface area contributed by atoms with Crippen molar-refractivity contribution in [3.8, 4) is 17.1 Å². The van der Waals surface area contributed by atoms with Crippen LogP contribution < -0.4 is 10.1 Å². The second-order valence-corrected chi connectivity index (χ2v) is 7.20. The number of ether oxygens (including phenoxy) is 1. The average molecular weight is 364 g/mol. The van der Waals surface area contributed by atoms with Crippen molar-refractivity contribution in [1.29, 1.82) is 0 Å². The molecule has 26 heavy (non-hydrogen) atoms. The number of fused-ring (bicyclic) bond motifs is 3. The van der Waals surface area contributed by atoms with E-state index in [9.17, 15) is 0 Å². The Bertz CT molecular complexity index is 914. The van der Waals surface area contributed by atoms with Crippen molar-refractivity contribution in [2.75, 3.05) is 11.1 Å². The van der Waals surface area contributed by atoms with E-state index in [1.807, 2.05) is 24.3 Å². The first-order chi connectivity index (χ1) is 12.8. The average Bonchev–Trinajstić information content (AvgIpc) is 2.85. The molecule has 5 nitrogen and oxygen atoms in total. The summed E-state index contributed by atoms with van der Waals surface area (Å²) in [7, 11) is 0. The van der Waals surface area contributed by atoms with E-state index in [2.05, 4.69) is 58.6 Å². The molecule has 0 bridgehead atoms. The minimum atomic E-state index is -0.334. The molecule has 2 heterocycles. The maximum Gasteiger partial charge on any atom is 0.247 e. The van der Waals surface area contributed by atoms with Crippen molar-refractivity contribution < 1.29 is 4.74 Å². The molecule has 1 atom stereocenters. The van der Waals surface area contributed by atoms with Gasteiger partial charge < -0.3 is 10.1 Å². The zero-order valence-electron chi connectivity index (χ0n) is 14.8. The fourth-order valence-corrected chi connectivity index (χ4v) is 3.42. The van der Waals surface area contributed by atoms with Crippen molar-refractivity contribution in [2.45, 2.75) is 31.7 Å². The summed E-state index contributed by atoms with van der Waals surface area (Å²) in [6.07, 6.45) is 0.680. The molecule has 0 saturated heterocycles. The fourth-order valence-electron chi connectivity index (χ4n) is 2.92. The van der Waals surface area contributed by atoms with Crippen molar-refractivity contribution in [2.24, 2.45) is 0 Å². The first kappa shape index (κ1) is 16.8. The van der Waals surface area contributed by atoms with E-state index in [4.69, 9.17) is 4.74 Å². The molecule has 4 rings (SSSR count). The number of hydrogen-bond donors (Lipinski definition) is 1. The van der Waals surface area contributed by atoms with Crippen molar-refractivity contribution >= 4 is 17.4 Å². The summed E-state index contributed by atoms with van der Waals surface area (Å²) in [6.45, 7) is 4.22. The molecule has 132 valence electrons. The van der Waals surface area contributed by atoms with Gasteiger partial charge in [-0.15, -0.1) is 10.2 Å². The number of nitrogens with one attached hydrogen (secondary N) is 1. The molecule has 6 heteroatoms. The number of rotatable bonds is 4. The maximum atomic E-state index is 6.25. The molecule has 2 aromatic carbocycles. The molecule has 1 aliphatic heterocycles. The third kappa shape index (κ3) is 3.24. The van der Waals surface area contributed by atoms with Gasteiger partial charge in [0.25, 0.3) is 0 Å². The lowest BCUT2D eigenvalue weighted by Gasteiger charge is -2.19. The summed E-state index contributed by atoms with van der Waals surface area (Å²) in [5, 5.41) is 12.7. The molecule has 3 aromatic rings. The van der Waals surface area contributed by atoms with Gasteiger partial charge in [-0.05, 0) is 23.8 Å². The van der Waals surface area contributed by atoms with E-state index in [-0.39, 0.29) is 6.23 Å². The van der Waals surface area contributed by atoms with Gasteiger partial charge >= 0.3 is 0 Å². The minimum absolute atomic E-state index is 0.334. The van der Waals surface area contributed by atoms with Crippen LogP contribution >= 0.6 is 11.8 Å². The Morgan fingerprint density at radius 2 is 1.85 bits per heavy atom. The topological polar surface area (TPSA) is 59.9 Å². The number of hydrogen-bond acceptors (Lipinski definition) is 6. The number of anilines is 1. The number of para-hydroxylation sites is 1. The molecule has 0 spiro atoms. The van der Waals surface area contributed by atoms with E-state index in [1.165, 1.54) is 5.56 Å². The predicted molar refractivity (Wildman–Crippen MR) is 104 cm³/mol. The van der Waals surface area contributed by atoms with Crippen LogP contribution in [0.2, 0.25) is 0 Å². The number of aromatic nitrogens is 3. The Morgan fingerprint density at radius 3 is 2.62 bits per heavy atom. The highest BCUT2D eigenvalue weighted by atomic mass is 32.2. The standard InChI is InChI=1S/C20H20N4OS/c1-3-13-9-11-14(12-10-13)18-21-16-8-6-5-7-15(16)17-19(25-18)22-20(24-23-17)26-4-2/h5-12,18,21H,3-4H2,1-2H3. The minimum Gasteiger partial charge on any atom is -0.448 e. The monoisotopic (exact) mass is 364 g/mol. The van der Waals surface area contributed by atoms with Crippen LogP contribution in [0.1, 0.15) is 31.2 Å². The second kappa shape index (κ2) is 7.33. The molecule has 1 aliphatic rings. The molecule has 0 amide bonds. The molecule has 1 aromatic heterocycles. The van der Waals surface area contributed by atoms with Crippen LogP contribution in [0.4, 0.5) is 5.69 Å². The summed E-state index contributed by atoms with van der Waals surface area (Å²) in [4.78, 5) is 4.60. The van der Waals surface area contributed by atoms with Crippen LogP contribution in [0.3, 0.4) is 0 Å². The zero-order valence-corrected chi connectivity index (χ0v) is 15.6. The van der Waals surface area contributed by atoms with Crippen LogP contribution in [0.5, 0.6) is 5.88 Å². The Morgan fingerprint density at radius 1 is 1.04 bits per heavy atom. The lowest BCUT2D eigenvalue weighted by atomic mass is 10.1. The normalized spacial score (nSPS) is 15.2. The van der Waals surface area contributed by atoms with Gasteiger partial charge in [-0.1, -0.05) is 68.1 Å².